The predicted octanol–water partition coefficient (Wildman–Crippen LogP) is 1.33. The highest BCUT2D eigenvalue weighted by Crippen LogP contribution is 2.30. The maximum absolute atomic E-state index is 5.73. The fraction of sp³-hybridized carbons (Fsp3) is 1.00. The summed E-state index contributed by atoms with van der Waals surface area (Å²) in [4.78, 5) is 2.20. The topological polar surface area (TPSA) is 38.5 Å². The van der Waals surface area contributed by atoms with E-state index in [0.29, 0.717) is 0 Å². The summed E-state index contributed by atoms with van der Waals surface area (Å²) in [6.07, 6.45) is 5.10. The highest BCUT2D eigenvalue weighted by Gasteiger charge is 2.25. The van der Waals surface area contributed by atoms with E-state index in [9.17, 15) is 0 Å². The molecule has 1 aliphatic carbocycles. The van der Waals surface area contributed by atoms with Crippen LogP contribution >= 0.6 is 0 Å². The molecule has 1 fully saturated rings. The first kappa shape index (κ1) is 12.9. The van der Waals surface area contributed by atoms with Crippen LogP contribution in [0.4, 0.5) is 0 Å². The Labute approximate surface area is 94.0 Å². The van der Waals surface area contributed by atoms with Gasteiger partial charge in [0.05, 0.1) is 0 Å². The highest BCUT2D eigenvalue weighted by atomic mass is 16.5. The standard InChI is InChI=1S/C12H26N2O/c1-14(2)7-4-8-15-10-12-6-3-5-11(12)9-13/h11-12H,3-10,13H2,1-2H3. The Bertz CT molecular complexity index is 162. The number of hydrogen-bond donors (Lipinski definition) is 1. The van der Waals surface area contributed by atoms with Crippen LogP contribution in [0.15, 0.2) is 0 Å². The molecule has 0 aromatic rings. The molecule has 0 aromatic carbocycles. The highest BCUT2D eigenvalue weighted by molar-refractivity contribution is 4.77. The zero-order valence-corrected chi connectivity index (χ0v) is 10.2. The second kappa shape index (κ2) is 7.20. The van der Waals surface area contributed by atoms with Gasteiger partial charge in [0.1, 0.15) is 0 Å². The van der Waals surface area contributed by atoms with Crippen LogP contribution in [0.5, 0.6) is 0 Å². The molecule has 0 heterocycles. The maximum Gasteiger partial charge on any atom is 0.0497 e. The smallest absolute Gasteiger partial charge is 0.0497 e. The van der Waals surface area contributed by atoms with Crippen LogP contribution in [-0.4, -0.2) is 45.3 Å². The van der Waals surface area contributed by atoms with Gasteiger partial charge in [-0.1, -0.05) is 6.42 Å². The molecule has 1 rings (SSSR count). The van der Waals surface area contributed by atoms with E-state index in [0.717, 1.165) is 44.6 Å². The zero-order valence-electron chi connectivity index (χ0n) is 10.2. The number of ether oxygens (including phenoxy) is 1. The first-order valence-electron chi connectivity index (χ1n) is 6.16. The largest absolute Gasteiger partial charge is 0.381 e. The molecule has 0 aliphatic heterocycles. The van der Waals surface area contributed by atoms with Crippen LogP contribution in [0.1, 0.15) is 25.7 Å². The molecule has 2 N–H and O–H groups in total. The summed E-state index contributed by atoms with van der Waals surface area (Å²) in [5.74, 6) is 1.45. The molecule has 0 radical (unpaired) electrons. The van der Waals surface area contributed by atoms with E-state index in [1.54, 1.807) is 0 Å². The van der Waals surface area contributed by atoms with Crippen molar-refractivity contribution in [3.05, 3.63) is 0 Å². The number of hydrogen-bond acceptors (Lipinski definition) is 3. The van der Waals surface area contributed by atoms with Gasteiger partial charge in [0.15, 0.2) is 0 Å². The van der Waals surface area contributed by atoms with Gasteiger partial charge in [-0.25, -0.2) is 0 Å². The lowest BCUT2D eigenvalue weighted by Gasteiger charge is -2.18. The Morgan fingerprint density at radius 2 is 2.00 bits per heavy atom. The second-order valence-electron chi connectivity index (χ2n) is 4.92. The van der Waals surface area contributed by atoms with Crippen molar-refractivity contribution in [1.29, 1.82) is 0 Å². The third-order valence-electron chi connectivity index (χ3n) is 3.35. The van der Waals surface area contributed by atoms with E-state index < -0.39 is 0 Å². The van der Waals surface area contributed by atoms with Crippen LogP contribution in [0.3, 0.4) is 0 Å². The number of rotatable bonds is 7. The predicted molar refractivity (Wildman–Crippen MR) is 63.9 cm³/mol. The van der Waals surface area contributed by atoms with Crippen molar-refractivity contribution in [2.75, 3.05) is 40.4 Å². The SMILES string of the molecule is CN(C)CCCOCC1CCCC1CN. The van der Waals surface area contributed by atoms with Gasteiger partial charge in [-0.3, -0.25) is 0 Å². The normalized spacial score (nSPS) is 26.4. The number of nitrogens with zero attached hydrogens (tertiary/aromatic N) is 1. The van der Waals surface area contributed by atoms with Crippen molar-refractivity contribution < 1.29 is 4.74 Å². The fourth-order valence-corrected chi connectivity index (χ4v) is 2.36. The van der Waals surface area contributed by atoms with Crippen molar-refractivity contribution in [3.8, 4) is 0 Å². The Morgan fingerprint density at radius 1 is 1.27 bits per heavy atom. The van der Waals surface area contributed by atoms with Gasteiger partial charge in [-0.15, -0.1) is 0 Å². The maximum atomic E-state index is 5.73. The Balaban J connectivity index is 1.99. The van der Waals surface area contributed by atoms with Crippen molar-refractivity contribution >= 4 is 0 Å². The molecule has 0 aromatic heterocycles. The molecule has 3 heteroatoms. The summed E-state index contributed by atoms with van der Waals surface area (Å²) in [6.45, 7) is 3.78. The molecule has 0 saturated heterocycles. The fourth-order valence-electron chi connectivity index (χ4n) is 2.36. The monoisotopic (exact) mass is 214 g/mol. The lowest BCUT2D eigenvalue weighted by atomic mass is 9.97. The average Bonchev–Trinajstić information content (AvgIpc) is 2.64. The summed E-state index contributed by atoms with van der Waals surface area (Å²) >= 11 is 0. The van der Waals surface area contributed by atoms with E-state index in [4.69, 9.17) is 10.5 Å². The van der Waals surface area contributed by atoms with Gasteiger partial charge < -0.3 is 15.4 Å². The minimum Gasteiger partial charge on any atom is -0.381 e. The molecular weight excluding hydrogens is 188 g/mol. The molecule has 15 heavy (non-hydrogen) atoms. The molecule has 0 spiro atoms. The molecular formula is C12H26N2O. The van der Waals surface area contributed by atoms with Crippen molar-refractivity contribution in [2.24, 2.45) is 17.6 Å². The molecule has 2 unspecified atom stereocenters. The van der Waals surface area contributed by atoms with Crippen molar-refractivity contribution in [3.63, 3.8) is 0 Å². The van der Waals surface area contributed by atoms with Crippen LogP contribution in [-0.2, 0) is 4.74 Å². The van der Waals surface area contributed by atoms with Crippen molar-refractivity contribution in [2.45, 2.75) is 25.7 Å². The minimum atomic E-state index is 0.721. The van der Waals surface area contributed by atoms with Crippen LogP contribution < -0.4 is 5.73 Å². The molecule has 0 amide bonds. The van der Waals surface area contributed by atoms with E-state index in [1.165, 1.54) is 19.3 Å². The average molecular weight is 214 g/mol. The van der Waals surface area contributed by atoms with Crippen LogP contribution in [0.2, 0.25) is 0 Å². The lowest BCUT2D eigenvalue weighted by Crippen LogP contribution is -2.23. The summed E-state index contributed by atoms with van der Waals surface area (Å²) in [7, 11) is 4.20. The summed E-state index contributed by atoms with van der Waals surface area (Å²) < 4.78 is 5.72. The summed E-state index contributed by atoms with van der Waals surface area (Å²) in [5.41, 5.74) is 5.73. The van der Waals surface area contributed by atoms with Crippen LogP contribution in [0, 0.1) is 11.8 Å². The van der Waals surface area contributed by atoms with E-state index >= 15 is 0 Å². The molecule has 90 valence electrons. The van der Waals surface area contributed by atoms with Crippen LogP contribution in [0.25, 0.3) is 0 Å². The second-order valence-corrected chi connectivity index (χ2v) is 4.92. The Morgan fingerprint density at radius 3 is 2.67 bits per heavy atom. The first-order chi connectivity index (χ1) is 7.24. The molecule has 0 bridgehead atoms. The van der Waals surface area contributed by atoms with Gasteiger partial charge in [0, 0.05) is 13.2 Å². The Kier molecular flexibility index (Phi) is 6.22. The zero-order chi connectivity index (χ0) is 11.1. The van der Waals surface area contributed by atoms with E-state index in [2.05, 4.69) is 19.0 Å². The third-order valence-corrected chi connectivity index (χ3v) is 3.35. The summed E-state index contributed by atoms with van der Waals surface area (Å²) in [6, 6.07) is 0. The quantitative estimate of drug-likeness (QED) is 0.650. The molecule has 1 aliphatic rings. The van der Waals surface area contributed by atoms with Gasteiger partial charge in [0.25, 0.3) is 0 Å². The number of nitrogens with two attached hydrogens (primary N) is 1. The third kappa shape index (κ3) is 4.96. The van der Waals surface area contributed by atoms with Crippen molar-refractivity contribution in [1.82, 2.24) is 4.90 Å². The molecule has 1 saturated carbocycles. The Hall–Kier alpha value is -0.120. The lowest BCUT2D eigenvalue weighted by molar-refractivity contribution is 0.0818. The van der Waals surface area contributed by atoms with Gasteiger partial charge in [-0.2, -0.15) is 0 Å². The minimum absolute atomic E-state index is 0.721. The summed E-state index contributed by atoms with van der Waals surface area (Å²) in [5, 5.41) is 0. The van der Waals surface area contributed by atoms with E-state index in [1.807, 2.05) is 0 Å². The van der Waals surface area contributed by atoms with Gasteiger partial charge in [0.2, 0.25) is 0 Å². The molecule has 3 nitrogen and oxygen atoms in total. The molecule has 2 atom stereocenters. The van der Waals surface area contributed by atoms with E-state index in [-0.39, 0.29) is 0 Å². The van der Waals surface area contributed by atoms with Gasteiger partial charge >= 0.3 is 0 Å². The van der Waals surface area contributed by atoms with Gasteiger partial charge in [-0.05, 0) is 58.3 Å². The first-order valence-corrected chi connectivity index (χ1v) is 6.16.